The summed E-state index contributed by atoms with van der Waals surface area (Å²) in [7, 11) is 0. The highest BCUT2D eigenvalue weighted by Gasteiger charge is 2.61. The highest BCUT2D eigenvalue weighted by atomic mass is 35.5. The van der Waals surface area contributed by atoms with Gasteiger partial charge in [0, 0.05) is 22.5 Å². The molecule has 8 heteroatoms. The van der Waals surface area contributed by atoms with E-state index in [1.54, 1.807) is 20.8 Å². The number of esters is 1. The molecule has 0 bridgehead atoms. The first-order chi connectivity index (χ1) is 16.1. The molecule has 0 saturated carbocycles. The minimum Gasteiger partial charge on any atom is -0.459 e. The Kier molecular flexibility index (Phi) is 7.58. The fourth-order valence-corrected chi connectivity index (χ4v) is 5.22. The van der Waals surface area contributed by atoms with E-state index < -0.39 is 46.6 Å². The van der Waals surface area contributed by atoms with Crippen molar-refractivity contribution in [2.75, 3.05) is 0 Å². The second-order valence-electron chi connectivity index (χ2n) is 11.3. The number of benzene rings is 2. The molecule has 1 saturated heterocycles. The Labute approximate surface area is 215 Å². The summed E-state index contributed by atoms with van der Waals surface area (Å²) in [5, 5.41) is 14.1. The van der Waals surface area contributed by atoms with Crippen LogP contribution >= 0.6 is 23.2 Å². The Morgan fingerprint density at radius 3 is 2.26 bits per heavy atom. The molecule has 1 fully saturated rings. The van der Waals surface area contributed by atoms with Gasteiger partial charge in [-0.1, -0.05) is 56.1 Å². The molecule has 1 aliphatic rings. The normalized spacial score (nSPS) is 24.8. The summed E-state index contributed by atoms with van der Waals surface area (Å²) in [6, 6.07) is 8.90. The standard InChI is InChI=1S/C27H30Cl2F2N2O2/c1-25(2,3)13-21-27(14-32,17-9-8-16(28)12-20(17)31)22(15-7-10-19(30)18(29)11-15)23(33-21)24(34)35-26(4,5)6/h7-12,21-23,33H,13H2,1-6H3/t21-,22-,23+,27-/m0/s1. The van der Waals surface area contributed by atoms with Gasteiger partial charge in [-0.05, 0) is 62.4 Å². The molecule has 0 radical (unpaired) electrons. The number of halogens is 4. The van der Waals surface area contributed by atoms with Crippen molar-refractivity contribution < 1.29 is 18.3 Å². The molecule has 4 atom stereocenters. The number of hydrogen-bond acceptors (Lipinski definition) is 4. The van der Waals surface area contributed by atoms with E-state index in [4.69, 9.17) is 27.9 Å². The van der Waals surface area contributed by atoms with E-state index in [1.807, 2.05) is 20.8 Å². The predicted octanol–water partition coefficient (Wildman–Crippen LogP) is 6.94. The average molecular weight is 523 g/mol. The molecular weight excluding hydrogens is 493 g/mol. The first kappa shape index (κ1) is 27.4. The second-order valence-corrected chi connectivity index (χ2v) is 12.1. The lowest BCUT2D eigenvalue weighted by Crippen LogP contribution is -2.44. The third-order valence-electron chi connectivity index (χ3n) is 6.10. The minimum absolute atomic E-state index is 0.0997. The number of carbonyl (C=O) groups excluding carboxylic acids is 1. The van der Waals surface area contributed by atoms with Crippen LogP contribution in [0.5, 0.6) is 0 Å². The molecule has 0 spiro atoms. The maximum atomic E-state index is 15.5. The largest absolute Gasteiger partial charge is 0.459 e. The van der Waals surface area contributed by atoms with Crippen LogP contribution in [0.25, 0.3) is 0 Å². The van der Waals surface area contributed by atoms with Crippen LogP contribution in [0.4, 0.5) is 8.78 Å². The van der Waals surface area contributed by atoms with Crippen LogP contribution in [0.3, 0.4) is 0 Å². The van der Waals surface area contributed by atoms with Gasteiger partial charge in [-0.25, -0.2) is 8.78 Å². The number of nitrogens with zero attached hydrogens (tertiary/aromatic N) is 1. The van der Waals surface area contributed by atoms with Crippen molar-refractivity contribution in [1.82, 2.24) is 5.32 Å². The average Bonchev–Trinajstić information content (AvgIpc) is 3.02. The van der Waals surface area contributed by atoms with Gasteiger partial charge in [-0.3, -0.25) is 10.1 Å². The van der Waals surface area contributed by atoms with E-state index >= 15 is 4.39 Å². The maximum Gasteiger partial charge on any atom is 0.324 e. The van der Waals surface area contributed by atoms with Gasteiger partial charge >= 0.3 is 5.97 Å². The SMILES string of the molecule is CC(C)(C)C[C@@H]1N[C@@H](C(=O)OC(C)(C)C)[C@H](c2ccc(F)c(Cl)c2)[C@@]1(C#N)c1ccc(Cl)cc1F. The van der Waals surface area contributed by atoms with Crippen LogP contribution in [0.1, 0.15) is 65.0 Å². The molecule has 2 aromatic carbocycles. The molecule has 0 unspecified atom stereocenters. The van der Waals surface area contributed by atoms with Gasteiger partial charge in [0.1, 0.15) is 28.7 Å². The zero-order valence-corrected chi connectivity index (χ0v) is 22.2. The highest BCUT2D eigenvalue weighted by Crippen LogP contribution is 2.52. The van der Waals surface area contributed by atoms with E-state index in [0.29, 0.717) is 12.0 Å². The van der Waals surface area contributed by atoms with Crippen LogP contribution in [-0.4, -0.2) is 23.7 Å². The summed E-state index contributed by atoms with van der Waals surface area (Å²) in [5.74, 6) is -2.82. The van der Waals surface area contributed by atoms with Crippen molar-refractivity contribution in [1.29, 1.82) is 5.26 Å². The zero-order chi connectivity index (χ0) is 26.3. The van der Waals surface area contributed by atoms with Crippen LogP contribution in [-0.2, 0) is 14.9 Å². The van der Waals surface area contributed by atoms with Crippen molar-refractivity contribution in [3.8, 4) is 6.07 Å². The third kappa shape index (κ3) is 5.63. The molecule has 188 valence electrons. The molecule has 4 nitrogen and oxygen atoms in total. The van der Waals surface area contributed by atoms with Gasteiger partial charge in [0.15, 0.2) is 0 Å². The Morgan fingerprint density at radius 1 is 1.09 bits per heavy atom. The summed E-state index contributed by atoms with van der Waals surface area (Å²) in [6.45, 7) is 11.2. The summed E-state index contributed by atoms with van der Waals surface area (Å²) >= 11 is 12.1. The number of carbonyl (C=O) groups is 1. The van der Waals surface area contributed by atoms with E-state index in [0.717, 1.165) is 6.07 Å². The number of nitriles is 1. The zero-order valence-electron chi connectivity index (χ0n) is 20.7. The highest BCUT2D eigenvalue weighted by molar-refractivity contribution is 6.31. The van der Waals surface area contributed by atoms with Gasteiger partial charge in [-0.15, -0.1) is 0 Å². The monoisotopic (exact) mass is 522 g/mol. The number of ether oxygens (including phenoxy) is 1. The van der Waals surface area contributed by atoms with Crippen molar-refractivity contribution in [3.05, 3.63) is 69.2 Å². The summed E-state index contributed by atoms with van der Waals surface area (Å²) in [6.07, 6.45) is 0.438. The van der Waals surface area contributed by atoms with E-state index in [-0.39, 0.29) is 21.0 Å². The topological polar surface area (TPSA) is 62.1 Å². The van der Waals surface area contributed by atoms with Crippen molar-refractivity contribution in [3.63, 3.8) is 0 Å². The predicted molar refractivity (Wildman–Crippen MR) is 133 cm³/mol. The molecule has 1 heterocycles. The van der Waals surface area contributed by atoms with E-state index in [1.165, 1.54) is 30.3 Å². The minimum atomic E-state index is -1.55. The van der Waals surface area contributed by atoms with Crippen LogP contribution in [0.2, 0.25) is 10.0 Å². The summed E-state index contributed by atoms with van der Waals surface area (Å²) in [4.78, 5) is 13.5. The molecule has 0 aliphatic carbocycles. The molecule has 0 aromatic heterocycles. The van der Waals surface area contributed by atoms with Gasteiger partial charge in [0.05, 0.1) is 11.1 Å². The van der Waals surface area contributed by atoms with Crippen LogP contribution in [0.15, 0.2) is 36.4 Å². The molecule has 1 aliphatic heterocycles. The first-order valence-corrected chi connectivity index (χ1v) is 12.2. The number of hydrogen-bond donors (Lipinski definition) is 1. The van der Waals surface area contributed by atoms with Gasteiger partial charge in [-0.2, -0.15) is 5.26 Å². The molecule has 0 amide bonds. The fraction of sp³-hybridized carbons (Fsp3) is 0.481. The Balaban J connectivity index is 2.34. The molecule has 3 rings (SSSR count). The van der Waals surface area contributed by atoms with Crippen LogP contribution in [0, 0.1) is 28.4 Å². The van der Waals surface area contributed by atoms with Crippen LogP contribution < -0.4 is 5.32 Å². The van der Waals surface area contributed by atoms with Gasteiger partial charge in [0.25, 0.3) is 0 Å². The third-order valence-corrected chi connectivity index (χ3v) is 6.62. The first-order valence-electron chi connectivity index (χ1n) is 11.4. The summed E-state index contributed by atoms with van der Waals surface area (Å²) in [5.41, 5.74) is -2.11. The second kappa shape index (κ2) is 9.69. The van der Waals surface area contributed by atoms with Gasteiger partial charge in [0.2, 0.25) is 0 Å². The lowest BCUT2D eigenvalue weighted by atomic mass is 9.63. The van der Waals surface area contributed by atoms with E-state index in [9.17, 15) is 14.4 Å². The summed E-state index contributed by atoms with van der Waals surface area (Å²) < 4.78 is 35.3. The number of rotatable bonds is 4. The van der Waals surface area contributed by atoms with Crippen molar-refractivity contribution >= 4 is 29.2 Å². The fourth-order valence-electron chi connectivity index (χ4n) is 4.87. The molecular formula is C27H30Cl2F2N2O2. The van der Waals surface area contributed by atoms with E-state index in [2.05, 4.69) is 11.4 Å². The van der Waals surface area contributed by atoms with Gasteiger partial charge < -0.3 is 4.74 Å². The quantitative estimate of drug-likeness (QED) is 0.442. The maximum absolute atomic E-state index is 15.5. The molecule has 35 heavy (non-hydrogen) atoms. The molecule has 2 aromatic rings. The van der Waals surface area contributed by atoms with Crippen molar-refractivity contribution in [2.45, 2.75) is 77.0 Å². The Bertz CT molecular complexity index is 1170. The lowest BCUT2D eigenvalue weighted by molar-refractivity contribution is -0.157. The smallest absolute Gasteiger partial charge is 0.324 e. The lowest BCUT2D eigenvalue weighted by Gasteiger charge is -2.37. The Hall–Kier alpha value is -2.20. The molecule has 1 N–H and O–H groups in total. The van der Waals surface area contributed by atoms with Crippen molar-refractivity contribution in [2.24, 2.45) is 5.41 Å². The Morgan fingerprint density at radius 2 is 1.74 bits per heavy atom. The number of nitrogens with one attached hydrogen (secondary N) is 1.